The zero-order chi connectivity index (χ0) is 26.6. The van der Waals surface area contributed by atoms with Gasteiger partial charge in [-0.05, 0) is 60.7 Å². The number of aromatic nitrogens is 1. The number of sulfonamides is 1. The minimum atomic E-state index is -4.85. The quantitative estimate of drug-likeness (QED) is 0.345. The van der Waals surface area contributed by atoms with Crippen molar-refractivity contribution in [2.24, 2.45) is 0 Å². The smallest absolute Gasteiger partial charge is 0.497 e. The second-order valence-electron chi connectivity index (χ2n) is 7.68. The highest BCUT2D eigenvalue weighted by Crippen LogP contribution is 2.30. The van der Waals surface area contributed by atoms with E-state index in [9.17, 15) is 26.4 Å². The Morgan fingerprint density at radius 1 is 0.973 bits per heavy atom. The molecule has 0 spiro atoms. The van der Waals surface area contributed by atoms with E-state index in [4.69, 9.17) is 4.74 Å². The monoisotopic (exact) mass is 531 g/mol. The standard InChI is InChI=1S/C25H20F3N3O5S/c1-35-20-11-7-19(8-12-20)31(37(33,34)23-4-2-3-17-15-29-14-13-22(17)23)16-24(32)30-18-5-9-21(10-6-18)36-25(26,27)28/h2-15H,16H2,1H3,(H,30,32). The summed E-state index contributed by atoms with van der Waals surface area (Å²) < 4.78 is 74.7. The number of carbonyl (C=O) groups is 1. The van der Waals surface area contributed by atoms with E-state index in [1.807, 2.05) is 0 Å². The largest absolute Gasteiger partial charge is 0.573 e. The highest BCUT2D eigenvalue weighted by Gasteiger charge is 2.31. The molecule has 1 heterocycles. The first-order valence-electron chi connectivity index (χ1n) is 10.7. The molecule has 0 saturated heterocycles. The number of hydrogen-bond donors (Lipinski definition) is 1. The fourth-order valence-corrected chi connectivity index (χ4v) is 5.21. The summed E-state index contributed by atoms with van der Waals surface area (Å²) in [6.45, 7) is -0.614. The number of benzene rings is 3. The fourth-order valence-electron chi connectivity index (χ4n) is 3.57. The lowest BCUT2D eigenvalue weighted by Gasteiger charge is -2.25. The minimum Gasteiger partial charge on any atom is -0.497 e. The molecule has 192 valence electrons. The third-order valence-corrected chi connectivity index (χ3v) is 7.06. The Kier molecular flexibility index (Phi) is 7.21. The Bertz CT molecular complexity index is 1500. The molecule has 0 atom stereocenters. The van der Waals surface area contributed by atoms with Gasteiger partial charge in [-0.3, -0.25) is 14.1 Å². The summed E-state index contributed by atoms with van der Waals surface area (Å²) in [5.74, 6) is -0.688. The van der Waals surface area contributed by atoms with Crippen molar-refractivity contribution in [3.05, 3.63) is 85.2 Å². The molecule has 0 radical (unpaired) electrons. The Morgan fingerprint density at radius 2 is 1.65 bits per heavy atom. The minimum absolute atomic E-state index is 0.0235. The van der Waals surface area contributed by atoms with Crippen molar-refractivity contribution in [1.29, 1.82) is 0 Å². The Hall–Kier alpha value is -4.32. The molecule has 37 heavy (non-hydrogen) atoms. The number of pyridine rings is 1. The molecule has 12 heteroatoms. The van der Waals surface area contributed by atoms with Gasteiger partial charge in [0.15, 0.2) is 0 Å². The van der Waals surface area contributed by atoms with E-state index in [-0.39, 0.29) is 16.3 Å². The number of halogens is 3. The van der Waals surface area contributed by atoms with Crippen molar-refractivity contribution in [2.75, 3.05) is 23.3 Å². The van der Waals surface area contributed by atoms with E-state index in [2.05, 4.69) is 15.0 Å². The number of fused-ring (bicyclic) bond motifs is 1. The molecule has 0 saturated carbocycles. The zero-order valence-corrected chi connectivity index (χ0v) is 20.1. The van der Waals surface area contributed by atoms with Gasteiger partial charge in [0.1, 0.15) is 18.0 Å². The van der Waals surface area contributed by atoms with Gasteiger partial charge in [0.05, 0.1) is 17.7 Å². The van der Waals surface area contributed by atoms with Crippen LogP contribution in [-0.2, 0) is 14.8 Å². The number of carbonyl (C=O) groups excluding carboxylic acids is 1. The number of ether oxygens (including phenoxy) is 2. The fraction of sp³-hybridized carbons (Fsp3) is 0.120. The van der Waals surface area contributed by atoms with Gasteiger partial charge in [0.25, 0.3) is 10.0 Å². The maximum absolute atomic E-state index is 13.8. The topological polar surface area (TPSA) is 97.8 Å². The lowest BCUT2D eigenvalue weighted by molar-refractivity contribution is -0.274. The first-order chi connectivity index (χ1) is 17.6. The van der Waals surface area contributed by atoms with Crippen LogP contribution in [-0.4, -0.2) is 39.3 Å². The van der Waals surface area contributed by atoms with Crippen LogP contribution in [0.1, 0.15) is 0 Å². The van der Waals surface area contributed by atoms with Crippen LogP contribution < -0.4 is 19.1 Å². The number of nitrogens with one attached hydrogen (secondary N) is 1. The van der Waals surface area contributed by atoms with E-state index in [0.717, 1.165) is 16.4 Å². The van der Waals surface area contributed by atoms with E-state index in [1.54, 1.807) is 30.3 Å². The maximum Gasteiger partial charge on any atom is 0.573 e. The van der Waals surface area contributed by atoms with Gasteiger partial charge in [0.2, 0.25) is 5.91 Å². The third kappa shape index (κ3) is 6.09. The molecule has 0 bridgehead atoms. The van der Waals surface area contributed by atoms with Gasteiger partial charge in [-0.1, -0.05) is 12.1 Å². The van der Waals surface area contributed by atoms with Crippen LogP contribution in [0.15, 0.2) is 90.1 Å². The van der Waals surface area contributed by atoms with Gasteiger partial charge in [-0.2, -0.15) is 0 Å². The van der Waals surface area contributed by atoms with E-state index in [0.29, 0.717) is 16.5 Å². The lowest BCUT2D eigenvalue weighted by atomic mass is 10.2. The van der Waals surface area contributed by atoms with Crippen LogP contribution in [0.25, 0.3) is 10.8 Å². The molecule has 4 rings (SSSR count). The number of hydrogen-bond acceptors (Lipinski definition) is 6. The summed E-state index contributed by atoms with van der Waals surface area (Å²) in [5, 5.41) is 3.53. The molecule has 0 aliphatic heterocycles. The van der Waals surface area contributed by atoms with E-state index in [1.165, 1.54) is 49.8 Å². The molecule has 0 aliphatic carbocycles. The number of anilines is 2. The van der Waals surface area contributed by atoms with Crippen molar-refractivity contribution in [2.45, 2.75) is 11.3 Å². The van der Waals surface area contributed by atoms with Crippen LogP contribution in [0.2, 0.25) is 0 Å². The summed E-state index contributed by atoms with van der Waals surface area (Å²) in [4.78, 5) is 16.9. The second kappa shape index (κ2) is 10.3. The molecule has 4 aromatic rings. The number of alkyl halides is 3. The summed E-state index contributed by atoms with van der Waals surface area (Å²) in [7, 11) is -2.79. The molecular weight excluding hydrogens is 511 g/mol. The van der Waals surface area contributed by atoms with Crippen LogP contribution in [0.3, 0.4) is 0 Å². The SMILES string of the molecule is COc1ccc(N(CC(=O)Nc2ccc(OC(F)(F)F)cc2)S(=O)(=O)c2cccc3cnccc23)cc1. The average Bonchev–Trinajstić information content (AvgIpc) is 2.87. The van der Waals surface area contributed by atoms with Crippen molar-refractivity contribution >= 4 is 38.1 Å². The molecule has 1 aromatic heterocycles. The highest BCUT2D eigenvalue weighted by atomic mass is 32.2. The molecule has 8 nitrogen and oxygen atoms in total. The number of methoxy groups -OCH3 is 1. The maximum atomic E-state index is 13.8. The summed E-state index contributed by atoms with van der Waals surface area (Å²) in [6, 6.07) is 16.9. The van der Waals surface area contributed by atoms with Crippen molar-refractivity contribution in [1.82, 2.24) is 4.98 Å². The van der Waals surface area contributed by atoms with Crippen LogP contribution in [0.4, 0.5) is 24.5 Å². The number of rotatable bonds is 8. The third-order valence-electron chi connectivity index (χ3n) is 5.23. The van der Waals surface area contributed by atoms with E-state index >= 15 is 0 Å². The predicted molar refractivity (Wildman–Crippen MR) is 131 cm³/mol. The molecule has 0 aliphatic rings. The summed E-state index contributed by atoms with van der Waals surface area (Å²) >= 11 is 0. The van der Waals surface area contributed by atoms with E-state index < -0.39 is 34.6 Å². The number of nitrogens with zero attached hydrogens (tertiary/aromatic N) is 2. The van der Waals surface area contributed by atoms with Crippen LogP contribution >= 0.6 is 0 Å². The summed E-state index contributed by atoms with van der Waals surface area (Å²) in [5.41, 5.74) is 0.360. The van der Waals surface area contributed by atoms with Gasteiger partial charge >= 0.3 is 6.36 Å². The van der Waals surface area contributed by atoms with Gasteiger partial charge < -0.3 is 14.8 Å². The van der Waals surface area contributed by atoms with Crippen LogP contribution in [0, 0.1) is 0 Å². The van der Waals surface area contributed by atoms with Gasteiger partial charge in [0, 0.05) is 28.9 Å². The number of amides is 1. The molecule has 0 fully saturated rings. The first-order valence-corrected chi connectivity index (χ1v) is 12.2. The van der Waals surface area contributed by atoms with Gasteiger partial charge in [-0.25, -0.2) is 8.42 Å². The molecule has 3 aromatic carbocycles. The average molecular weight is 532 g/mol. The van der Waals surface area contributed by atoms with Gasteiger partial charge in [-0.15, -0.1) is 13.2 Å². The van der Waals surface area contributed by atoms with Crippen molar-refractivity contribution < 1.29 is 35.9 Å². The molecular formula is C25H20F3N3O5S. The summed E-state index contributed by atoms with van der Waals surface area (Å²) in [6.07, 6.45) is -1.85. The zero-order valence-electron chi connectivity index (χ0n) is 19.3. The Labute approximate surface area is 210 Å². The Morgan fingerprint density at radius 3 is 2.30 bits per heavy atom. The normalized spacial score (nSPS) is 11.7. The highest BCUT2D eigenvalue weighted by molar-refractivity contribution is 7.93. The second-order valence-corrected chi connectivity index (χ2v) is 9.51. The first kappa shape index (κ1) is 25.8. The lowest BCUT2D eigenvalue weighted by Crippen LogP contribution is -2.38. The molecule has 1 amide bonds. The molecule has 1 N–H and O–H groups in total. The van der Waals surface area contributed by atoms with Crippen molar-refractivity contribution in [3.63, 3.8) is 0 Å². The molecule has 0 unspecified atom stereocenters. The van der Waals surface area contributed by atoms with Crippen LogP contribution in [0.5, 0.6) is 11.5 Å². The van der Waals surface area contributed by atoms with Crippen molar-refractivity contribution in [3.8, 4) is 11.5 Å². The predicted octanol–water partition coefficient (Wildman–Crippen LogP) is 4.98. The Balaban J connectivity index is 1.65.